The van der Waals surface area contributed by atoms with Crippen LogP contribution in [0.4, 0.5) is 0 Å². The predicted octanol–water partition coefficient (Wildman–Crippen LogP) is 3.50. The van der Waals surface area contributed by atoms with Crippen molar-refractivity contribution in [1.29, 1.82) is 0 Å². The zero-order chi connectivity index (χ0) is 13.8. The highest BCUT2D eigenvalue weighted by Gasteiger charge is 2.32. The van der Waals surface area contributed by atoms with Crippen LogP contribution in [0.25, 0.3) is 0 Å². The van der Waals surface area contributed by atoms with E-state index in [0.29, 0.717) is 5.75 Å². The predicted molar refractivity (Wildman–Crippen MR) is 83.5 cm³/mol. The zero-order valence-corrected chi connectivity index (χ0v) is 12.1. The summed E-state index contributed by atoms with van der Waals surface area (Å²) in [6.07, 6.45) is 0.913. The molecule has 0 N–H and O–H groups in total. The van der Waals surface area contributed by atoms with Gasteiger partial charge in [0.25, 0.3) is 0 Å². The topological polar surface area (TPSA) is 20.3 Å². The number of amides is 1. The summed E-state index contributed by atoms with van der Waals surface area (Å²) < 4.78 is 0. The normalized spacial score (nSPS) is 18.5. The average molecular weight is 283 g/mol. The highest BCUT2D eigenvalue weighted by atomic mass is 32.2. The minimum Gasteiger partial charge on any atom is -0.326 e. The Morgan fingerprint density at radius 2 is 1.65 bits per heavy atom. The molecule has 1 saturated heterocycles. The monoisotopic (exact) mass is 283 g/mol. The van der Waals surface area contributed by atoms with Gasteiger partial charge < -0.3 is 4.90 Å². The molecule has 1 heterocycles. The third kappa shape index (κ3) is 2.88. The molecule has 3 rings (SSSR count). The van der Waals surface area contributed by atoms with Crippen molar-refractivity contribution in [2.24, 2.45) is 0 Å². The summed E-state index contributed by atoms with van der Waals surface area (Å²) in [6.45, 7) is 0.787. The number of carbonyl (C=O) groups excluding carboxylic acids is 1. The molecular formula is C17H17NOS. The molecule has 0 aromatic heterocycles. The van der Waals surface area contributed by atoms with Crippen molar-refractivity contribution in [2.75, 3.05) is 12.3 Å². The van der Waals surface area contributed by atoms with Gasteiger partial charge in [0.1, 0.15) is 5.37 Å². The van der Waals surface area contributed by atoms with E-state index < -0.39 is 0 Å². The first kappa shape index (κ1) is 13.3. The van der Waals surface area contributed by atoms with Crippen molar-refractivity contribution in [3.8, 4) is 0 Å². The second-order valence-corrected chi connectivity index (χ2v) is 5.97. The number of hydrogen-bond acceptors (Lipinski definition) is 2. The van der Waals surface area contributed by atoms with E-state index in [9.17, 15) is 4.79 Å². The van der Waals surface area contributed by atoms with Crippen LogP contribution < -0.4 is 0 Å². The van der Waals surface area contributed by atoms with Crippen LogP contribution in [0.5, 0.6) is 0 Å². The summed E-state index contributed by atoms with van der Waals surface area (Å²) in [5.41, 5.74) is 2.50. The van der Waals surface area contributed by atoms with Crippen LogP contribution in [0.1, 0.15) is 16.5 Å². The Bertz CT molecular complexity index is 570. The highest BCUT2D eigenvalue weighted by molar-refractivity contribution is 8.00. The molecule has 0 aliphatic carbocycles. The largest absolute Gasteiger partial charge is 0.326 e. The molecule has 1 aliphatic rings. The summed E-state index contributed by atoms with van der Waals surface area (Å²) >= 11 is 1.72. The number of carbonyl (C=O) groups is 1. The van der Waals surface area contributed by atoms with E-state index in [-0.39, 0.29) is 11.3 Å². The second-order valence-electron chi connectivity index (χ2n) is 4.90. The molecule has 2 nitrogen and oxygen atoms in total. The number of thioether (sulfide) groups is 1. The van der Waals surface area contributed by atoms with Crippen molar-refractivity contribution >= 4 is 17.7 Å². The average Bonchev–Trinajstić information content (AvgIpc) is 2.88. The van der Waals surface area contributed by atoms with Gasteiger partial charge in [-0.15, -0.1) is 11.8 Å². The van der Waals surface area contributed by atoms with Crippen LogP contribution in [0.2, 0.25) is 0 Å². The summed E-state index contributed by atoms with van der Waals surface area (Å²) in [5, 5.41) is 0.174. The Balaban J connectivity index is 1.71. The molecule has 1 aliphatic heterocycles. The maximum absolute atomic E-state index is 12.1. The lowest BCUT2D eigenvalue weighted by Gasteiger charge is -2.24. The molecule has 1 unspecified atom stereocenters. The maximum atomic E-state index is 12.1. The number of hydrogen-bond donors (Lipinski definition) is 0. The number of rotatable bonds is 4. The lowest BCUT2D eigenvalue weighted by molar-refractivity contribution is -0.128. The fourth-order valence-electron chi connectivity index (χ4n) is 2.48. The van der Waals surface area contributed by atoms with Crippen molar-refractivity contribution < 1.29 is 4.79 Å². The zero-order valence-electron chi connectivity index (χ0n) is 11.2. The fourth-order valence-corrected chi connectivity index (χ4v) is 3.70. The van der Waals surface area contributed by atoms with Crippen molar-refractivity contribution in [3.05, 3.63) is 71.8 Å². The molecule has 0 radical (unpaired) electrons. The Morgan fingerprint density at radius 1 is 1.00 bits per heavy atom. The quantitative estimate of drug-likeness (QED) is 0.856. The van der Waals surface area contributed by atoms with Gasteiger partial charge in [-0.25, -0.2) is 0 Å². The molecule has 0 spiro atoms. The van der Waals surface area contributed by atoms with E-state index in [1.807, 2.05) is 41.3 Å². The summed E-state index contributed by atoms with van der Waals surface area (Å²) in [6, 6.07) is 20.6. The first-order valence-electron chi connectivity index (χ1n) is 6.84. The fraction of sp³-hybridized carbons (Fsp3) is 0.235. The van der Waals surface area contributed by atoms with Crippen LogP contribution in [-0.2, 0) is 11.2 Å². The molecule has 20 heavy (non-hydrogen) atoms. The number of nitrogens with zero attached hydrogens (tertiary/aromatic N) is 1. The Morgan fingerprint density at radius 3 is 2.35 bits per heavy atom. The first-order valence-corrected chi connectivity index (χ1v) is 7.89. The lowest BCUT2D eigenvalue weighted by atomic mass is 10.1. The molecule has 0 bridgehead atoms. The van der Waals surface area contributed by atoms with Crippen molar-refractivity contribution in [2.45, 2.75) is 11.8 Å². The van der Waals surface area contributed by atoms with E-state index in [2.05, 4.69) is 24.3 Å². The standard InChI is InChI=1S/C17H17NOS/c19-16-13-20-17(15-9-5-2-6-10-15)18(16)12-11-14-7-3-1-4-8-14/h1-10,17H,11-13H2. The van der Waals surface area contributed by atoms with Crippen LogP contribution in [0, 0.1) is 0 Å². The molecule has 0 saturated carbocycles. The SMILES string of the molecule is O=C1CSC(c2ccccc2)N1CCc1ccccc1. The molecule has 2 aromatic carbocycles. The van der Waals surface area contributed by atoms with E-state index in [1.165, 1.54) is 11.1 Å². The van der Waals surface area contributed by atoms with Crippen LogP contribution in [0.3, 0.4) is 0 Å². The van der Waals surface area contributed by atoms with Gasteiger partial charge in [-0.3, -0.25) is 4.79 Å². The first-order chi connectivity index (χ1) is 9.84. The summed E-state index contributed by atoms with van der Waals surface area (Å²) in [5.74, 6) is 0.841. The van der Waals surface area contributed by atoms with Gasteiger partial charge in [-0.2, -0.15) is 0 Å². The van der Waals surface area contributed by atoms with Gasteiger partial charge in [-0.05, 0) is 17.5 Å². The van der Waals surface area contributed by atoms with Crippen LogP contribution >= 0.6 is 11.8 Å². The van der Waals surface area contributed by atoms with Crippen LogP contribution in [0.15, 0.2) is 60.7 Å². The Labute approximate surface area is 123 Å². The highest BCUT2D eigenvalue weighted by Crippen LogP contribution is 2.38. The third-order valence-electron chi connectivity index (χ3n) is 3.54. The van der Waals surface area contributed by atoms with Gasteiger partial charge in [0, 0.05) is 6.54 Å². The van der Waals surface area contributed by atoms with Gasteiger partial charge in [0.15, 0.2) is 0 Å². The molecule has 1 amide bonds. The van der Waals surface area contributed by atoms with E-state index >= 15 is 0 Å². The summed E-state index contributed by atoms with van der Waals surface area (Å²) in [4.78, 5) is 14.1. The van der Waals surface area contributed by atoms with Gasteiger partial charge in [-0.1, -0.05) is 60.7 Å². The van der Waals surface area contributed by atoms with Crippen LogP contribution in [-0.4, -0.2) is 23.1 Å². The second kappa shape index (κ2) is 6.14. The van der Waals surface area contributed by atoms with Crippen molar-refractivity contribution in [1.82, 2.24) is 4.90 Å². The Kier molecular flexibility index (Phi) is 4.07. The number of benzene rings is 2. The van der Waals surface area contributed by atoms with E-state index in [0.717, 1.165) is 13.0 Å². The Hall–Kier alpha value is -1.74. The van der Waals surface area contributed by atoms with E-state index in [1.54, 1.807) is 11.8 Å². The molecule has 3 heteroatoms. The van der Waals surface area contributed by atoms with Gasteiger partial charge in [0.05, 0.1) is 5.75 Å². The smallest absolute Gasteiger partial charge is 0.233 e. The lowest BCUT2D eigenvalue weighted by Crippen LogP contribution is -2.30. The third-order valence-corrected chi connectivity index (χ3v) is 4.79. The minimum absolute atomic E-state index is 0.174. The van der Waals surface area contributed by atoms with Crippen molar-refractivity contribution in [3.63, 3.8) is 0 Å². The molecule has 102 valence electrons. The molecule has 1 fully saturated rings. The maximum Gasteiger partial charge on any atom is 0.233 e. The summed E-state index contributed by atoms with van der Waals surface area (Å²) in [7, 11) is 0. The van der Waals surface area contributed by atoms with Gasteiger partial charge >= 0.3 is 0 Å². The molecular weight excluding hydrogens is 266 g/mol. The van der Waals surface area contributed by atoms with E-state index in [4.69, 9.17) is 0 Å². The molecule has 1 atom stereocenters. The van der Waals surface area contributed by atoms with Gasteiger partial charge in [0.2, 0.25) is 5.91 Å². The minimum atomic E-state index is 0.174. The molecule has 2 aromatic rings.